The SMILES string of the molecule is C=CCN(CC=C)C(CNc1nc2sccn2c1[N+](=O)[O-])C(C)C. The van der Waals surface area contributed by atoms with Gasteiger partial charge in [0, 0.05) is 31.1 Å². The smallest absolute Gasteiger partial charge is 0.361 e. The summed E-state index contributed by atoms with van der Waals surface area (Å²) in [5.74, 6) is 0.655. The molecule has 0 aliphatic heterocycles. The highest BCUT2D eigenvalue weighted by Gasteiger charge is 2.26. The molecule has 8 heteroatoms. The molecule has 0 aromatic carbocycles. The van der Waals surface area contributed by atoms with Gasteiger partial charge in [0.1, 0.15) is 6.20 Å². The van der Waals surface area contributed by atoms with Crippen molar-refractivity contribution in [2.24, 2.45) is 5.92 Å². The molecule has 1 N–H and O–H groups in total. The molecule has 1 atom stereocenters. The van der Waals surface area contributed by atoms with Gasteiger partial charge in [-0.25, -0.2) is 0 Å². The van der Waals surface area contributed by atoms with Gasteiger partial charge in [-0.05, 0) is 10.8 Å². The van der Waals surface area contributed by atoms with Gasteiger partial charge in [-0.15, -0.1) is 13.2 Å². The molecule has 2 rings (SSSR count). The van der Waals surface area contributed by atoms with E-state index in [1.54, 1.807) is 11.6 Å². The molecule has 2 aromatic rings. The summed E-state index contributed by atoms with van der Waals surface area (Å²) >= 11 is 1.37. The van der Waals surface area contributed by atoms with Crippen molar-refractivity contribution < 1.29 is 4.92 Å². The monoisotopic (exact) mass is 349 g/mol. The molecule has 0 spiro atoms. The number of imidazole rings is 1. The van der Waals surface area contributed by atoms with Crippen molar-refractivity contribution in [3.8, 4) is 0 Å². The second-order valence-electron chi connectivity index (χ2n) is 5.82. The predicted molar refractivity (Wildman–Crippen MR) is 98.8 cm³/mol. The zero-order chi connectivity index (χ0) is 17.7. The van der Waals surface area contributed by atoms with E-state index in [9.17, 15) is 10.1 Å². The summed E-state index contributed by atoms with van der Waals surface area (Å²) in [6, 6.07) is 0.181. The van der Waals surface area contributed by atoms with E-state index in [1.165, 1.54) is 15.7 Å². The molecule has 7 nitrogen and oxygen atoms in total. The fourth-order valence-electron chi connectivity index (χ4n) is 2.73. The number of hydrogen-bond acceptors (Lipinski definition) is 6. The second-order valence-corrected chi connectivity index (χ2v) is 6.69. The number of nitrogens with one attached hydrogen (secondary N) is 1. The van der Waals surface area contributed by atoms with Crippen LogP contribution in [0.15, 0.2) is 36.9 Å². The van der Waals surface area contributed by atoms with Gasteiger partial charge in [0.2, 0.25) is 5.82 Å². The molecule has 0 fully saturated rings. The van der Waals surface area contributed by atoms with Crippen molar-refractivity contribution in [2.75, 3.05) is 25.0 Å². The first-order chi connectivity index (χ1) is 11.5. The number of aromatic nitrogens is 2. The lowest BCUT2D eigenvalue weighted by Crippen LogP contribution is -2.44. The zero-order valence-electron chi connectivity index (χ0n) is 14.0. The first kappa shape index (κ1) is 18.2. The largest absolute Gasteiger partial charge is 0.372 e. The highest BCUT2D eigenvalue weighted by Crippen LogP contribution is 2.28. The van der Waals surface area contributed by atoms with E-state index >= 15 is 0 Å². The average molecular weight is 349 g/mol. The zero-order valence-corrected chi connectivity index (χ0v) is 14.8. The molecule has 24 heavy (non-hydrogen) atoms. The Balaban J connectivity index is 2.21. The van der Waals surface area contributed by atoms with Crippen LogP contribution < -0.4 is 5.32 Å². The van der Waals surface area contributed by atoms with E-state index in [4.69, 9.17) is 0 Å². The third-order valence-electron chi connectivity index (χ3n) is 3.85. The van der Waals surface area contributed by atoms with Crippen LogP contribution in [0, 0.1) is 16.0 Å². The van der Waals surface area contributed by atoms with E-state index in [2.05, 4.69) is 42.2 Å². The van der Waals surface area contributed by atoms with E-state index in [-0.39, 0.29) is 11.9 Å². The number of nitro groups is 1. The first-order valence-electron chi connectivity index (χ1n) is 7.79. The lowest BCUT2D eigenvalue weighted by molar-refractivity contribution is -0.389. The molecule has 0 saturated carbocycles. The van der Waals surface area contributed by atoms with Crippen LogP contribution in [0.1, 0.15) is 13.8 Å². The number of nitrogens with zero attached hydrogens (tertiary/aromatic N) is 4. The molecule has 130 valence electrons. The Morgan fingerprint density at radius 3 is 2.67 bits per heavy atom. The minimum Gasteiger partial charge on any atom is -0.361 e. The van der Waals surface area contributed by atoms with Crippen LogP contribution in [-0.2, 0) is 0 Å². The second kappa shape index (κ2) is 8.07. The summed E-state index contributed by atoms with van der Waals surface area (Å²) in [6.45, 7) is 13.9. The summed E-state index contributed by atoms with van der Waals surface area (Å²) in [4.78, 5) is 18.2. The van der Waals surface area contributed by atoms with Gasteiger partial charge < -0.3 is 15.4 Å². The van der Waals surface area contributed by atoms with Crippen molar-refractivity contribution in [1.29, 1.82) is 0 Å². The third-order valence-corrected chi connectivity index (χ3v) is 4.61. The third kappa shape index (κ3) is 3.82. The Bertz CT molecular complexity index is 711. The first-order valence-corrected chi connectivity index (χ1v) is 8.67. The topological polar surface area (TPSA) is 75.7 Å². The average Bonchev–Trinajstić information content (AvgIpc) is 3.07. The minimum atomic E-state index is -0.398. The molecule has 0 aliphatic carbocycles. The lowest BCUT2D eigenvalue weighted by atomic mass is 10.0. The summed E-state index contributed by atoms with van der Waals surface area (Å²) in [7, 11) is 0. The molecule has 1 unspecified atom stereocenters. The Morgan fingerprint density at radius 2 is 2.12 bits per heavy atom. The summed E-state index contributed by atoms with van der Waals surface area (Å²) in [5, 5.41) is 16.3. The Morgan fingerprint density at radius 1 is 1.46 bits per heavy atom. The summed E-state index contributed by atoms with van der Waals surface area (Å²) in [5.41, 5.74) is 0. The van der Waals surface area contributed by atoms with Gasteiger partial charge in [0.25, 0.3) is 4.96 Å². The highest BCUT2D eigenvalue weighted by molar-refractivity contribution is 7.15. The van der Waals surface area contributed by atoms with Gasteiger partial charge in [-0.3, -0.25) is 4.90 Å². The number of hydrogen-bond donors (Lipinski definition) is 1. The van der Waals surface area contributed by atoms with Gasteiger partial charge >= 0.3 is 5.82 Å². The molecule has 0 bridgehead atoms. The van der Waals surface area contributed by atoms with Crippen LogP contribution in [0.25, 0.3) is 4.96 Å². The van der Waals surface area contributed by atoms with Crippen LogP contribution in [0.5, 0.6) is 0 Å². The predicted octanol–water partition coefficient (Wildman–Crippen LogP) is 3.41. The standard InChI is InChI=1S/C16H23N5O2S/c1-5-7-19(8-6-2)13(12(3)4)11-17-14-15(21(22)23)20-9-10-24-16(20)18-14/h5-6,9-10,12-13,17H,1-2,7-8,11H2,3-4H3. The minimum absolute atomic E-state index is 0.0206. The van der Waals surface area contributed by atoms with E-state index in [0.717, 1.165) is 13.1 Å². The maximum absolute atomic E-state index is 11.4. The van der Waals surface area contributed by atoms with Crippen molar-refractivity contribution in [3.63, 3.8) is 0 Å². The maximum atomic E-state index is 11.4. The van der Waals surface area contributed by atoms with Crippen LogP contribution >= 0.6 is 11.3 Å². The fourth-order valence-corrected chi connectivity index (χ4v) is 3.44. The van der Waals surface area contributed by atoms with E-state index in [1.807, 2.05) is 12.2 Å². The molecular formula is C16H23N5O2S. The summed E-state index contributed by atoms with van der Waals surface area (Å²) in [6.07, 6.45) is 5.37. The number of anilines is 1. The molecular weight excluding hydrogens is 326 g/mol. The lowest BCUT2D eigenvalue weighted by Gasteiger charge is -2.33. The molecule has 0 saturated heterocycles. The normalized spacial score (nSPS) is 12.7. The number of fused-ring (bicyclic) bond motifs is 1. The van der Waals surface area contributed by atoms with Crippen LogP contribution in [-0.4, -0.2) is 44.9 Å². The summed E-state index contributed by atoms with van der Waals surface area (Å²) < 4.78 is 1.50. The number of rotatable bonds is 10. The van der Waals surface area contributed by atoms with Crippen molar-refractivity contribution >= 4 is 27.9 Å². The molecule has 0 radical (unpaired) electrons. The van der Waals surface area contributed by atoms with Crippen LogP contribution in [0.3, 0.4) is 0 Å². The Hall–Kier alpha value is -2.19. The van der Waals surface area contributed by atoms with Gasteiger partial charge in [-0.1, -0.05) is 37.3 Å². The fraction of sp³-hybridized carbons (Fsp3) is 0.438. The Labute approximate surface area is 145 Å². The van der Waals surface area contributed by atoms with Gasteiger partial charge in [0.05, 0.1) is 0 Å². The van der Waals surface area contributed by atoms with Crippen molar-refractivity contribution in [1.82, 2.24) is 14.3 Å². The van der Waals surface area contributed by atoms with Gasteiger partial charge in [-0.2, -0.15) is 9.38 Å². The molecule has 0 aliphatic rings. The molecule has 2 aromatic heterocycles. The van der Waals surface area contributed by atoms with Gasteiger partial charge in [0.15, 0.2) is 0 Å². The highest BCUT2D eigenvalue weighted by atomic mass is 32.1. The maximum Gasteiger partial charge on any atom is 0.372 e. The van der Waals surface area contributed by atoms with Crippen LogP contribution in [0.4, 0.5) is 11.6 Å². The van der Waals surface area contributed by atoms with Crippen molar-refractivity contribution in [3.05, 3.63) is 47.0 Å². The number of thiazole rings is 1. The molecule has 0 amide bonds. The quantitative estimate of drug-likeness (QED) is 0.404. The molecule has 2 heterocycles. The van der Waals surface area contributed by atoms with Crippen molar-refractivity contribution in [2.45, 2.75) is 19.9 Å². The van der Waals surface area contributed by atoms with E-state index < -0.39 is 4.92 Å². The van der Waals surface area contributed by atoms with E-state index in [0.29, 0.717) is 23.2 Å². The Kier molecular flexibility index (Phi) is 6.10. The van der Waals surface area contributed by atoms with Crippen LogP contribution in [0.2, 0.25) is 0 Å².